The Bertz CT molecular complexity index is 988. The molecule has 4 rings (SSSR count). The van der Waals surface area contributed by atoms with Gasteiger partial charge in [-0.2, -0.15) is 0 Å². The molecule has 0 unspecified atom stereocenters. The lowest BCUT2D eigenvalue weighted by Crippen LogP contribution is -2.36. The number of benzene rings is 2. The second-order valence-electron chi connectivity index (χ2n) is 8.45. The molecular weight excluding hydrogens is 408 g/mol. The zero-order valence-corrected chi connectivity index (χ0v) is 18.8. The Morgan fingerprint density at radius 2 is 1.72 bits per heavy atom. The van der Waals surface area contributed by atoms with Crippen LogP contribution in [0.15, 0.2) is 42.5 Å². The molecule has 2 aromatic carbocycles. The van der Waals surface area contributed by atoms with Crippen molar-refractivity contribution in [2.24, 2.45) is 11.8 Å². The van der Waals surface area contributed by atoms with Gasteiger partial charge in [0, 0.05) is 42.7 Å². The lowest BCUT2D eigenvalue weighted by Gasteiger charge is -2.21. The van der Waals surface area contributed by atoms with Crippen LogP contribution in [0.2, 0.25) is 0 Å². The van der Waals surface area contributed by atoms with Crippen LogP contribution in [-0.4, -0.2) is 57.7 Å². The van der Waals surface area contributed by atoms with Crippen LogP contribution >= 0.6 is 0 Å². The zero-order valence-electron chi connectivity index (χ0n) is 18.8. The van der Waals surface area contributed by atoms with Crippen molar-refractivity contribution in [1.29, 1.82) is 0 Å². The molecular formula is C25H30N2O5. The van der Waals surface area contributed by atoms with Crippen LogP contribution in [0.5, 0.6) is 17.2 Å². The van der Waals surface area contributed by atoms with Crippen LogP contribution in [0, 0.1) is 11.8 Å². The van der Waals surface area contributed by atoms with Gasteiger partial charge in [-0.25, -0.2) is 0 Å². The van der Waals surface area contributed by atoms with Crippen molar-refractivity contribution in [3.63, 3.8) is 0 Å². The van der Waals surface area contributed by atoms with Crippen LogP contribution in [0.3, 0.4) is 0 Å². The minimum absolute atomic E-state index is 0.0132. The summed E-state index contributed by atoms with van der Waals surface area (Å²) >= 11 is 0. The third-order valence-electron chi connectivity index (χ3n) is 6.36. The zero-order chi connectivity index (χ0) is 22.7. The van der Waals surface area contributed by atoms with Crippen molar-refractivity contribution in [2.45, 2.75) is 18.8 Å². The smallest absolute Gasteiger partial charge is 0.254 e. The van der Waals surface area contributed by atoms with Gasteiger partial charge in [-0.15, -0.1) is 0 Å². The number of carbonyl (C=O) groups is 2. The van der Waals surface area contributed by atoms with Crippen LogP contribution in [0.25, 0.3) is 0 Å². The lowest BCUT2D eigenvalue weighted by molar-refractivity contribution is -0.125. The summed E-state index contributed by atoms with van der Waals surface area (Å²) in [4.78, 5) is 28.2. The fourth-order valence-corrected chi connectivity index (χ4v) is 4.31. The molecule has 170 valence electrons. The number of carbonyl (C=O) groups excluding carboxylic acids is 2. The molecule has 0 bridgehead atoms. The highest BCUT2D eigenvalue weighted by molar-refractivity contribution is 5.95. The molecule has 1 aliphatic carbocycles. The number of ether oxygens (including phenoxy) is 3. The standard InChI is InChI=1S/C25H30N2O5/c1-30-18-6-4-5-17(11-18)25(29)27-14-21(20-10-9-19(31-2)12-23(20)32-3)22(15-27)24(28)26-13-16-7-8-16/h4-6,9-12,16,21-22H,7-8,13-15H2,1-3H3,(H,26,28)/t21-,22+/m0/s1. The summed E-state index contributed by atoms with van der Waals surface area (Å²) in [5.41, 5.74) is 1.45. The number of methoxy groups -OCH3 is 3. The monoisotopic (exact) mass is 438 g/mol. The van der Waals surface area contributed by atoms with Gasteiger partial charge in [-0.1, -0.05) is 12.1 Å². The fourth-order valence-electron chi connectivity index (χ4n) is 4.31. The molecule has 32 heavy (non-hydrogen) atoms. The van der Waals surface area contributed by atoms with E-state index in [1.54, 1.807) is 50.5 Å². The second-order valence-corrected chi connectivity index (χ2v) is 8.45. The number of hydrogen-bond donors (Lipinski definition) is 1. The van der Waals surface area contributed by atoms with E-state index in [0.29, 0.717) is 48.4 Å². The van der Waals surface area contributed by atoms with Gasteiger partial charge in [-0.3, -0.25) is 9.59 Å². The maximum Gasteiger partial charge on any atom is 0.254 e. The highest BCUT2D eigenvalue weighted by Crippen LogP contribution is 2.40. The van der Waals surface area contributed by atoms with Crippen molar-refractivity contribution >= 4 is 11.8 Å². The summed E-state index contributed by atoms with van der Waals surface area (Å²) in [5, 5.41) is 3.10. The summed E-state index contributed by atoms with van der Waals surface area (Å²) in [6.07, 6.45) is 2.34. The van der Waals surface area contributed by atoms with Crippen molar-refractivity contribution in [3.8, 4) is 17.2 Å². The van der Waals surface area contributed by atoms with Crippen molar-refractivity contribution in [3.05, 3.63) is 53.6 Å². The molecule has 1 saturated heterocycles. The van der Waals surface area contributed by atoms with E-state index in [-0.39, 0.29) is 23.7 Å². The molecule has 0 radical (unpaired) electrons. The van der Waals surface area contributed by atoms with Gasteiger partial charge in [0.15, 0.2) is 0 Å². The first kappa shape index (κ1) is 22.0. The summed E-state index contributed by atoms with van der Waals surface area (Å²) in [6, 6.07) is 12.7. The quantitative estimate of drug-likeness (QED) is 0.685. The van der Waals surface area contributed by atoms with Crippen LogP contribution in [0.1, 0.15) is 34.7 Å². The molecule has 0 aromatic heterocycles. The number of rotatable bonds is 8. The Morgan fingerprint density at radius 3 is 2.41 bits per heavy atom. The van der Waals surface area contributed by atoms with E-state index in [1.165, 1.54) is 12.8 Å². The van der Waals surface area contributed by atoms with Crippen molar-refractivity contribution < 1.29 is 23.8 Å². The first-order valence-corrected chi connectivity index (χ1v) is 11.0. The predicted molar refractivity (Wildman–Crippen MR) is 120 cm³/mol. The van der Waals surface area contributed by atoms with E-state index in [9.17, 15) is 9.59 Å². The van der Waals surface area contributed by atoms with E-state index in [1.807, 2.05) is 18.2 Å². The molecule has 1 N–H and O–H groups in total. The van der Waals surface area contributed by atoms with E-state index < -0.39 is 0 Å². The van der Waals surface area contributed by atoms with Crippen LogP contribution < -0.4 is 19.5 Å². The van der Waals surface area contributed by atoms with E-state index in [0.717, 1.165) is 5.56 Å². The molecule has 2 amide bonds. The third kappa shape index (κ3) is 4.66. The number of nitrogens with one attached hydrogen (secondary N) is 1. The molecule has 0 spiro atoms. The molecule has 2 fully saturated rings. The molecule has 2 aromatic rings. The summed E-state index contributed by atoms with van der Waals surface area (Å²) in [5.74, 6) is 1.90. The Hall–Kier alpha value is -3.22. The molecule has 1 heterocycles. The maximum absolute atomic E-state index is 13.3. The number of amides is 2. The average Bonchev–Trinajstić information content (AvgIpc) is 3.57. The van der Waals surface area contributed by atoms with E-state index in [4.69, 9.17) is 14.2 Å². The van der Waals surface area contributed by atoms with Gasteiger partial charge in [0.2, 0.25) is 5.91 Å². The first-order chi connectivity index (χ1) is 15.5. The van der Waals surface area contributed by atoms with Gasteiger partial charge in [0.05, 0.1) is 27.2 Å². The van der Waals surface area contributed by atoms with Crippen molar-refractivity contribution in [2.75, 3.05) is 41.0 Å². The van der Waals surface area contributed by atoms with Crippen LogP contribution in [-0.2, 0) is 4.79 Å². The number of hydrogen-bond acceptors (Lipinski definition) is 5. The Morgan fingerprint density at radius 1 is 0.969 bits per heavy atom. The largest absolute Gasteiger partial charge is 0.497 e. The molecule has 2 atom stereocenters. The fraction of sp³-hybridized carbons (Fsp3) is 0.440. The molecule has 1 aliphatic heterocycles. The SMILES string of the molecule is COc1cccc(C(=O)N2C[C@@H](C(=O)NCC3CC3)[C@H](c3ccc(OC)cc3OC)C2)c1. The second kappa shape index (κ2) is 9.51. The van der Waals surface area contributed by atoms with Gasteiger partial charge in [-0.05, 0) is 43.0 Å². The minimum atomic E-state index is -0.356. The topological polar surface area (TPSA) is 77.1 Å². The third-order valence-corrected chi connectivity index (χ3v) is 6.36. The number of nitrogens with zero attached hydrogens (tertiary/aromatic N) is 1. The van der Waals surface area contributed by atoms with Gasteiger partial charge >= 0.3 is 0 Å². The van der Waals surface area contributed by atoms with Gasteiger partial charge in [0.1, 0.15) is 17.2 Å². The predicted octanol–water partition coefficient (Wildman–Crippen LogP) is 3.09. The Balaban J connectivity index is 1.61. The summed E-state index contributed by atoms with van der Waals surface area (Å²) in [7, 11) is 4.78. The Labute approximate surface area is 188 Å². The van der Waals surface area contributed by atoms with Gasteiger partial charge < -0.3 is 24.4 Å². The average molecular weight is 439 g/mol. The van der Waals surface area contributed by atoms with E-state index in [2.05, 4.69) is 5.32 Å². The highest BCUT2D eigenvalue weighted by atomic mass is 16.5. The van der Waals surface area contributed by atoms with Crippen LogP contribution in [0.4, 0.5) is 0 Å². The normalized spacial score (nSPS) is 20.0. The van der Waals surface area contributed by atoms with Crippen molar-refractivity contribution in [1.82, 2.24) is 10.2 Å². The highest BCUT2D eigenvalue weighted by Gasteiger charge is 2.42. The molecule has 1 saturated carbocycles. The summed E-state index contributed by atoms with van der Waals surface area (Å²) < 4.78 is 16.2. The molecule has 7 heteroatoms. The first-order valence-electron chi connectivity index (χ1n) is 11.0. The lowest BCUT2D eigenvalue weighted by atomic mass is 9.87. The molecule has 2 aliphatic rings. The maximum atomic E-state index is 13.3. The number of likely N-dealkylation sites (tertiary alicyclic amines) is 1. The molecule has 7 nitrogen and oxygen atoms in total. The summed E-state index contributed by atoms with van der Waals surface area (Å²) in [6.45, 7) is 1.48. The Kier molecular flexibility index (Phi) is 6.53. The minimum Gasteiger partial charge on any atom is -0.497 e. The van der Waals surface area contributed by atoms with E-state index >= 15 is 0 Å². The van der Waals surface area contributed by atoms with Gasteiger partial charge in [0.25, 0.3) is 5.91 Å².